The van der Waals surface area contributed by atoms with Gasteiger partial charge in [0, 0.05) is 20.6 Å². The van der Waals surface area contributed by atoms with E-state index in [0.717, 1.165) is 17.1 Å². The van der Waals surface area contributed by atoms with Crippen molar-refractivity contribution in [3.05, 3.63) is 59.5 Å². The maximum atomic E-state index is 12.3. The molecular weight excluding hydrogens is 252 g/mol. The zero-order chi connectivity index (χ0) is 14.5. The van der Waals surface area contributed by atoms with Crippen molar-refractivity contribution in [2.24, 2.45) is 0 Å². The summed E-state index contributed by atoms with van der Waals surface area (Å²) in [4.78, 5) is 15.6. The van der Waals surface area contributed by atoms with Crippen LogP contribution < -0.4 is 0 Å². The van der Waals surface area contributed by atoms with Crippen molar-refractivity contribution in [1.29, 1.82) is 0 Å². The van der Waals surface area contributed by atoms with Crippen molar-refractivity contribution in [3.63, 3.8) is 0 Å². The second kappa shape index (κ2) is 6.28. The number of hydrogen-bond donors (Lipinski definition) is 0. The second-order valence-corrected chi connectivity index (χ2v) is 5.03. The summed E-state index contributed by atoms with van der Waals surface area (Å²) in [6.45, 7) is 2.94. The molecule has 0 aliphatic carbocycles. The first-order valence-corrected chi connectivity index (χ1v) is 6.61. The van der Waals surface area contributed by atoms with Crippen LogP contribution in [0.4, 0.5) is 4.79 Å². The molecule has 0 aliphatic heterocycles. The smallest absolute Gasteiger partial charge is 0.320 e. The number of rotatable bonds is 4. The Morgan fingerprint density at radius 2 is 1.75 bits per heavy atom. The van der Waals surface area contributed by atoms with Crippen LogP contribution in [-0.2, 0) is 13.1 Å². The molecule has 106 valence electrons. The number of aryl methyl sites for hydroxylation is 1. The molecule has 0 radical (unpaired) electrons. The van der Waals surface area contributed by atoms with Crippen LogP contribution in [0.1, 0.15) is 17.1 Å². The van der Waals surface area contributed by atoms with Crippen molar-refractivity contribution in [3.8, 4) is 0 Å². The van der Waals surface area contributed by atoms with Gasteiger partial charge in [0.05, 0.1) is 6.54 Å². The standard InChI is InChI=1S/C16H20N2O2/c1-13-9-10-15(20-13)12-18(16(19)17(2)3)11-14-7-5-4-6-8-14/h4-10H,11-12H2,1-3H3. The van der Waals surface area contributed by atoms with Crippen molar-refractivity contribution in [2.75, 3.05) is 14.1 Å². The highest BCUT2D eigenvalue weighted by Gasteiger charge is 2.17. The van der Waals surface area contributed by atoms with Gasteiger partial charge in [0.25, 0.3) is 0 Å². The van der Waals surface area contributed by atoms with E-state index in [2.05, 4.69) is 0 Å². The fourth-order valence-corrected chi connectivity index (χ4v) is 2.04. The molecule has 0 fully saturated rings. The summed E-state index contributed by atoms with van der Waals surface area (Å²) in [5, 5.41) is 0. The molecule has 0 unspecified atom stereocenters. The van der Waals surface area contributed by atoms with E-state index in [0.29, 0.717) is 13.1 Å². The minimum atomic E-state index is -0.0251. The third-order valence-corrected chi connectivity index (χ3v) is 3.01. The molecule has 1 heterocycles. The fourth-order valence-electron chi connectivity index (χ4n) is 2.04. The van der Waals surface area contributed by atoms with Gasteiger partial charge in [-0.25, -0.2) is 4.79 Å². The maximum Gasteiger partial charge on any atom is 0.320 e. The van der Waals surface area contributed by atoms with Gasteiger partial charge in [0.2, 0.25) is 0 Å². The van der Waals surface area contributed by atoms with Gasteiger partial charge in [-0.1, -0.05) is 30.3 Å². The third-order valence-electron chi connectivity index (χ3n) is 3.01. The van der Waals surface area contributed by atoms with Crippen LogP contribution in [0.15, 0.2) is 46.9 Å². The minimum absolute atomic E-state index is 0.0251. The SMILES string of the molecule is Cc1ccc(CN(Cc2ccccc2)C(=O)N(C)C)o1. The van der Waals surface area contributed by atoms with Crippen LogP contribution in [0.2, 0.25) is 0 Å². The van der Waals surface area contributed by atoms with Crippen LogP contribution >= 0.6 is 0 Å². The Bertz CT molecular complexity index is 561. The lowest BCUT2D eigenvalue weighted by Gasteiger charge is -2.25. The van der Waals surface area contributed by atoms with Gasteiger partial charge in [-0.2, -0.15) is 0 Å². The van der Waals surface area contributed by atoms with Crippen LogP contribution in [0, 0.1) is 6.92 Å². The average Bonchev–Trinajstić information content (AvgIpc) is 2.83. The van der Waals surface area contributed by atoms with Gasteiger partial charge in [-0.15, -0.1) is 0 Å². The second-order valence-electron chi connectivity index (χ2n) is 5.03. The van der Waals surface area contributed by atoms with E-state index in [-0.39, 0.29) is 6.03 Å². The Hall–Kier alpha value is -2.23. The van der Waals surface area contributed by atoms with E-state index in [1.165, 1.54) is 0 Å². The molecular formula is C16H20N2O2. The maximum absolute atomic E-state index is 12.3. The van der Waals surface area contributed by atoms with E-state index in [1.54, 1.807) is 23.9 Å². The summed E-state index contributed by atoms with van der Waals surface area (Å²) in [6, 6.07) is 13.8. The van der Waals surface area contributed by atoms with E-state index >= 15 is 0 Å². The first-order valence-electron chi connectivity index (χ1n) is 6.61. The number of hydrogen-bond acceptors (Lipinski definition) is 2. The molecule has 2 amide bonds. The zero-order valence-corrected chi connectivity index (χ0v) is 12.2. The molecule has 1 aromatic carbocycles. The molecule has 0 bridgehead atoms. The number of amides is 2. The van der Waals surface area contributed by atoms with E-state index in [1.807, 2.05) is 49.4 Å². The highest BCUT2D eigenvalue weighted by molar-refractivity contribution is 5.73. The summed E-state index contributed by atoms with van der Waals surface area (Å²) in [6.07, 6.45) is 0. The predicted octanol–water partition coefficient (Wildman–Crippen LogP) is 3.27. The molecule has 0 saturated heterocycles. The molecule has 2 rings (SSSR count). The number of carbonyl (C=O) groups is 1. The van der Waals surface area contributed by atoms with Gasteiger partial charge in [0.1, 0.15) is 11.5 Å². The van der Waals surface area contributed by atoms with Gasteiger partial charge >= 0.3 is 6.03 Å². The molecule has 0 N–H and O–H groups in total. The van der Waals surface area contributed by atoms with Crippen LogP contribution in [-0.4, -0.2) is 29.9 Å². The lowest BCUT2D eigenvalue weighted by Crippen LogP contribution is -2.38. The first kappa shape index (κ1) is 14.2. The molecule has 0 aliphatic rings. The quantitative estimate of drug-likeness (QED) is 0.856. The molecule has 2 aromatic rings. The normalized spacial score (nSPS) is 10.3. The highest BCUT2D eigenvalue weighted by atomic mass is 16.3. The lowest BCUT2D eigenvalue weighted by molar-refractivity contribution is 0.160. The number of carbonyl (C=O) groups excluding carboxylic acids is 1. The first-order chi connectivity index (χ1) is 9.56. The van der Waals surface area contributed by atoms with Gasteiger partial charge in [0.15, 0.2) is 0 Å². The Morgan fingerprint density at radius 3 is 2.30 bits per heavy atom. The van der Waals surface area contributed by atoms with Crippen LogP contribution in [0.25, 0.3) is 0 Å². The van der Waals surface area contributed by atoms with Crippen molar-refractivity contribution < 1.29 is 9.21 Å². The zero-order valence-electron chi connectivity index (χ0n) is 12.2. The van der Waals surface area contributed by atoms with Crippen molar-refractivity contribution >= 4 is 6.03 Å². The average molecular weight is 272 g/mol. The lowest BCUT2D eigenvalue weighted by atomic mass is 10.2. The third kappa shape index (κ3) is 3.63. The van der Waals surface area contributed by atoms with E-state index in [9.17, 15) is 4.79 Å². The topological polar surface area (TPSA) is 36.7 Å². The minimum Gasteiger partial charge on any atom is -0.464 e. The Kier molecular flexibility index (Phi) is 4.45. The molecule has 1 aromatic heterocycles. The molecule has 4 nitrogen and oxygen atoms in total. The predicted molar refractivity (Wildman–Crippen MR) is 78.2 cm³/mol. The van der Waals surface area contributed by atoms with Crippen molar-refractivity contribution in [2.45, 2.75) is 20.0 Å². The summed E-state index contributed by atoms with van der Waals surface area (Å²) < 4.78 is 5.57. The molecule has 0 spiro atoms. The Morgan fingerprint density at radius 1 is 1.05 bits per heavy atom. The number of furan rings is 1. The molecule has 0 atom stereocenters. The highest BCUT2D eigenvalue weighted by Crippen LogP contribution is 2.14. The van der Waals surface area contributed by atoms with Crippen LogP contribution in [0.5, 0.6) is 0 Å². The molecule has 20 heavy (non-hydrogen) atoms. The largest absolute Gasteiger partial charge is 0.464 e. The fraction of sp³-hybridized carbons (Fsp3) is 0.312. The summed E-state index contributed by atoms with van der Waals surface area (Å²) >= 11 is 0. The number of urea groups is 1. The van der Waals surface area contributed by atoms with Gasteiger partial charge in [-0.05, 0) is 24.6 Å². The number of nitrogens with zero attached hydrogens (tertiary/aromatic N) is 2. The molecule has 4 heteroatoms. The number of benzene rings is 1. The van der Waals surface area contributed by atoms with E-state index in [4.69, 9.17) is 4.42 Å². The van der Waals surface area contributed by atoms with Gasteiger partial charge in [-0.3, -0.25) is 0 Å². The van der Waals surface area contributed by atoms with Crippen molar-refractivity contribution in [1.82, 2.24) is 9.80 Å². The van der Waals surface area contributed by atoms with Crippen LogP contribution in [0.3, 0.4) is 0 Å². The summed E-state index contributed by atoms with van der Waals surface area (Å²) in [7, 11) is 3.52. The Balaban J connectivity index is 2.14. The van der Waals surface area contributed by atoms with Gasteiger partial charge < -0.3 is 14.2 Å². The summed E-state index contributed by atoms with van der Waals surface area (Å²) in [5.41, 5.74) is 1.10. The summed E-state index contributed by atoms with van der Waals surface area (Å²) in [5.74, 6) is 1.66. The Labute approximate surface area is 119 Å². The molecule has 0 saturated carbocycles. The monoisotopic (exact) mass is 272 g/mol. The van der Waals surface area contributed by atoms with E-state index < -0.39 is 0 Å².